The number of hydrogen-bond acceptors (Lipinski definition) is 3. The van der Waals surface area contributed by atoms with Crippen molar-refractivity contribution in [2.75, 3.05) is 4.90 Å². The Morgan fingerprint density at radius 3 is 2.25 bits per heavy atom. The Labute approximate surface area is 307 Å². The first kappa shape index (κ1) is 31.2. The predicted molar refractivity (Wildman–Crippen MR) is 214 cm³/mol. The highest BCUT2D eigenvalue weighted by Crippen LogP contribution is 2.55. The number of aryl methyl sites for hydroxylation is 1. The maximum Gasteiger partial charge on any atom is 0.150 e. The minimum atomic E-state index is -1.36. The highest BCUT2D eigenvalue weighted by atomic mass is 19.1. The Morgan fingerprint density at radius 1 is 0.642 bits per heavy atom. The highest BCUT2D eigenvalue weighted by molar-refractivity contribution is 6.18. The van der Waals surface area contributed by atoms with Crippen LogP contribution < -0.4 is 4.90 Å². The van der Waals surface area contributed by atoms with Gasteiger partial charge in [0.25, 0.3) is 0 Å². The number of aromatic nitrogens is 4. The number of para-hydroxylation sites is 4. The van der Waals surface area contributed by atoms with Gasteiger partial charge in [-0.05, 0) is 82.9 Å². The number of rotatable bonds is 5. The number of nitrogens with zero attached hydrogens (tertiary/aromatic N) is 5. The van der Waals surface area contributed by atoms with Crippen LogP contribution in [0.1, 0.15) is 42.3 Å². The molecule has 4 heterocycles. The van der Waals surface area contributed by atoms with Crippen molar-refractivity contribution in [3.05, 3.63) is 180 Å². The second-order valence-electron chi connectivity index (χ2n) is 14.4. The Balaban J connectivity index is 1.20. The predicted octanol–water partition coefficient (Wildman–Crippen LogP) is 11.9. The van der Waals surface area contributed by atoms with Gasteiger partial charge in [0.05, 0.1) is 33.4 Å². The molecule has 1 atom stereocenters. The monoisotopic (exact) mass is 689 g/mol. The molecule has 0 N–H and O–H groups in total. The van der Waals surface area contributed by atoms with Crippen molar-refractivity contribution in [1.82, 2.24) is 19.1 Å². The van der Waals surface area contributed by atoms with Crippen LogP contribution in [0.4, 0.5) is 21.5 Å². The van der Waals surface area contributed by atoms with E-state index in [0.717, 1.165) is 67.1 Å². The van der Waals surface area contributed by atoms with Crippen LogP contribution >= 0.6 is 0 Å². The Kier molecular flexibility index (Phi) is 6.92. The molecule has 1 aliphatic rings. The molecule has 0 radical (unpaired) electrons. The number of hydrogen-bond donors (Lipinski definition) is 0. The first-order valence-corrected chi connectivity index (χ1v) is 18.0. The van der Waals surface area contributed by atoms with Crippen molar-refractivity contribution in [2.24, 2.45) is 7.05 Å². The van der Waals surface area contributed by atoms with Gasteiger partial charge in [0.15, 0.2) is 6.17 Å². The van der Waals surface area contributed by atoms with E-state index >= 15 is 4.39 Å². The summed E-state index contributed by atoms with van der Waals surface area (Å²) in [4.78, 5) is 12.1. The topological polar surface area (TPSA) is 38.9 Å². The molecule has 256 valence electrons. The van der Waals surface area contributed by atoms with E-state index in [1.807, 2.05) is 86.0 Å². The summed E-state index contributed by atoms with van der Waals surface area (Å²) in [5.74, 6) is 1.59. The Morgan fingerprint density at radius 2 is 1.42 bits per heavy atom. The van der Waals surface area contributed by atoms with E-state index in [0.29, 0.717) is 11.1 Å². The third-order valence-electron chi connectivity index (χ3n) is 11.1. The fourth-order valence-corrected chi connectivity index (χ4v) is 8.47. The summed E-state index contributed by atoms with van der Waals surface area (Å²) in [6.45, 7) is 4.62. The van der Waals surface area contributed by atoms with Gasteiger partial charge in [-0.1, -0.05) is 105 Å². The molecule has 10 rings (SSSR count). The molecule has 0 spiro atoms. The minimum absolute atomic E-state index is 0.265. The molecule has 0 amide bonds. The number of halogens is 1. The Bertz CT molecular complexity index is 2850. The molecular weight excluding hydrogens is 654 g/mol. The summed E-state index contributed by atoms with van der Waals surface area (Å²) in [6.07, 6.45) is 0.458. The van der Waals surface area contributed by atoms with Gasteiger partial charge in [0, 0.05) is 40.7 Å². The van der Waals surface area contributed by atoms with Crippen molar-refractivity contribution in [3.63, 3.8) is 0 Å². The average Bonchev–Trinajstić information content (AvgIpc) is 3.72. The lowest BCUT2D eigenvalue weighted by Gasteiger charge is -2.42. The number of benzene rings is 6. The van der Waals surface area contributed by atoms with Crippen LogP contribution in [0.3, 0.4) is 0 Å². The van der Waals surface area contributed by atoms with Gasteiger partial charge in [-0.15, -0.1) is 0 Å². The fraction of sp³-hybridized carbons (Fsp3) is 0.106. The number of imidazole rings is 1. The third kappa shape index (κ3) is 4.68. The van der Waals surface area contributed by atoms with Crippen LogP contribution in [0.5, 0.6) is 0 Å². The summed E-state index contributed by atoms with van der Waals surface area (Å²) in [5, 5.41) is 2.16. The minimum Gasteiger partial charge on any atom is -0.327 e. The molecule has 0 saturated heterocycles. The van der Waals surface area contributed by atoms with Crippen molar-refractivity contribution < 1.29 is 4.39 Å². The summed E-state index contributed by atoms with van der Waals surface area (Å²) in [5.41, 5.74) is 11.5. The van der Waals surface area contributed by atoms with E-state index in [4.69, 9.17) is 9.97 Å². The molecule has 6 heteroatoms. The number of pyridine rings is 1. The molecule has 3 aromatic heterocycles. The van der Waals surface area contributed by atoms with Gasteiger partial charge in [0.2, 0.25) is 0 Å². The molecule has 0 bridgehead atoms. The van der Waals surface area contributed by atoms with Crippen molar-refractivity contribution >= 4 is 49.9 Å². The Hall–Kier alpha value is -6.53. The van der Waals surface area contributed by atoms with Crippen LogP contribution in [-0.4, -0.2) is 19.1 Å². The largest absolute Gasteiger partial charge is 0.327 e. The molecule has 5 nitrogen and oxygen atoms in total. The van der Waals surface area contributed by atoms with Crippen molar-refractivity contribution in [3.8, 4) is 17.2 Å². The highest BCUT2D eigenvalue weighted by Gasteiger charge is 2.39. The molecule has 6 aromatic carbocycles. The number of fused-ring (bicyclic) bond motifs is 7. The van der Waals surface area contributed by atoms with E-state index in [2.05, 4.69) is 107 Å². The number of alkyl halides is 1. The molecule has 9 aromatic rings. The second kappa shape index (κ2) is 11.8. The van der Waals surface area contributed by atoms with Gasteiger partial charge in [-0.2, -0.15) is 0 Å². The van der Waals surface area contributed by atoms with Gasteiger partial charge in [-0.25, -0.2) is 14.4 Å². The summed E-state index contributed by atoms with van der Waals surface area (Å²) in [7, 11) is 2.01. The molecule has 0 fully saturated rings. The zero-order valence-corrected chi connectivity index (χ0v) is 29.7. The first-order valence-electron chi connectivity index (χ1n) is 18.0. The maximum absolute atomic E-state index is 16.9. The third-order valence-corrected chi connectivity index (χ3v) is 11.1. The van der Waals surface area contributed by atoms with Gasteiger partial charge >= 0.3 is 0 Å². The van der Waals surface area contributed by atoms with Crippen LogP contribution in [0.25, 0.3) is 50.0 Å². The van der Waals surface area contributed by atoms with Gasteiger partial charge < -0.3 is 9.47 Å². The second-order valence-corrected chi connectivity index (χ2v) is 14.4. The lowest BCUT2D eigenvalue weighted by atomic mass is 9.73. The first-order chi connectivity index (χ1) is 25.9. The van der Waals surface area contributed by atoms with E-state index in [-0.39, 0.29) is 5.41 Å². The quantitative estimate of drug-likeness (QED) is 0.181. The fourth-order valence-electron chi connectivity index (χ4n) is 8.47. The lowest BCUT2D eigenvalue weighted by Crippen LogP contribution is -2.30. The molecule has 0 aliphatic carbocycles. The zero-order chi connectivity index (χ0) is 35.8. The zero-order valence-electron chi connectivity index (χ0n) is 29.7. The average molecular weight is 690 g/mol. The molecule has 0 saturated carbocycles. The van der Waals surface area contributed by atoms with Gasteiger partial charge in [-0.3, -0.25) is 4.57 Å². The molecule has 1 unspecified atom stereocenters. The van der Waals surface area contributed by atoms with Crippen molar-refractivity contribution in [1.29, 1.82) is 0 Å². The van der Waals surface area contributed by atoms with E-state index in [1.54, 1.807) is 0 Å². The van der Waals surface area contributed by atoms with E-state index in [1.165, 1.54) is 11.1 Å². The molecule has 1 aliphatic heterocycles. The van der Waals surface area contributed by atoms with E-state index < -0.39 is 6.17 Å². The normalized spacial score (nSPS) is 14.1. The van der Waals surface area contributed by atoms with Crippen LogP contribution in [0.2, 0.25) is 0 Å². The molecule has 53 heavy (non-hydrogen) atoms. The SMILES string of the molecule is Cn1c(-c2cccc(C(F)c3ccc4c5c6c(ccc5n(-c5ccccn5)c4c3)C(C)(C)c3ccccc3N6c3ccccc3)c2)nc2ccccc21. The lowest BCUT2D eigenvalue weighted by molar-refractivity contribution is 0.402. The smallest absolute Gasteiger partial charge is 0.150 e. The standard InChI is InChI=1S/C47H36FN5/c1-47(2)35-18-7-9-20-38(35)52(33-16-5-4-6-17-33)45-36(47)25-26-40-43(45)34-24-23-31(29-41(34)53(40)42-22-11-12-27-49-42)44(48)30-14-13-15-32(28-30)46-50-37-19-8-10-21-39(37)51(46)3/h4-29,44H,1-3H3. The number of anilines is 3. The van der Waals surface area contributed by atoms with Crippen LogP contribution in [0, 0.1) is 0 Å². The molecular formula is C47H36FN5. The van der Waals surface area contributed by atoms with Crippen LogP contribution in [0.15, 0.2) is 158 Å². The summed E-state index contributed by atoms with van der Waals surface area (Å²) >= 11 is 0. The maximum atomic E-state index is 16.9. The van der Waals surface area contributed by atoms with Crippen molar-refractivity contribution in [2.45, 2.75) is 25.4 Å². The van der Waals surface area contributed by atoms with E-state index in [9.17, 15) is 0 Å². The van der Waals surface area contributed by atoms with Crippen LogP contribution in [-0.2, 0) is 12.5 Å². The summed E-state index contributed by atoms with van der Waals surface area (Å²) < 4.78 is 21.2. The summed E-state index contributed by atoms with van der Waals surface area (Å²) in [6, 6.07) is 51.6. The van der Waals surface area contributed by atoms with Gasteiger partial charge in [0.1, 0.15) is 11.6 Å².